The van der Waals surface area contributed by atoms with Crippen LogP contribution in [0, 0.1) is 0 Å². The molecular formula is C23H31NO4. The predicted molar refractivity (Wildman–Crippen MR) is 108 cm³/mol. The molecule has 0 spiro atoms. The van der Waals surface area contributed by atoms with Gasteiger partial charge in [0.2, 0.25) is 0 Å². The summed E-state index contributed by atoms with van der Waals surface area (Å²) in [4.78, 5) is 15.3. The van der Waals surface area contributed by atoms with E-state index in [0.29, 0.717) is 25.2 Å². The van der Waals surface area contributed by atoms with Gasteiger partial charge >= 0.3 is 0 Å². The Morgan fingerprint density at radius 1 is 1.29 bits per heavy atom. The van der Waals surface area contributed by atoms with E-state index in [2.05, 4.69) is 24.5 Å². The number of hydrogen-bond acceptors (Lipinski definition) is 5. The van der Waals surface area contributed by atoms with E-state index in [4.69, 9.17) is 14.2 Å². The van der Waals surface area contributed by atoms with Gasteiger partial charge in [-0.25, -0.2) is 0 Å². The molecule has 0 unspecified atom stereocenters. The second-order valence-electron chi connectivity index (χ2n) is 8.21. The van der Waals surface area contributed by atoms with Gasteiger partial charge in [0.25, 0.3) is 0 Å². The molecule has 1 aromatic rings. The minimum Gasteiger partial charge on any atom is -0.493 e. The molecule has 0 amide bonds. The average Bonchev–Trinajstić information content (AvgIpc) is 2.69. The van der Waals surface area contributed by atoms with E-state index >= 15 is 0 Å². The number of nitrogens with zero attached hydrogens (tertiary/aromatic N) is 1. The SMILES string of the molecule is C=CCN1CC[C@]23CC(=O)CC[C@@]2(OCC)[C@H]1Cc1ccc(OC)c(OC)c13. The van der Waals surface area contributed by atoms with Crippen LogP contribution in [-0.4, -0.2) is 56.2 Å². The number of ether oxygens (including phenoxy) is 3. The molecule has 3 aliphatic rings. The Kier molecular flexibility index (Phi) is 5.00. The van der Waals surface area contributed by atoms with Gasteiger partial charge in [-0.15, -0.1) is 6.58 Å². The molecule has 2 fully saturated rings. The fourth-order valence-electron chi connectivity index (χ4n) is 6.25. The largest absolute Gasteiger partial charge is 0.493 e. The third kappa shape index (κ3) is 2.49. The highest BCUT2D eigenvalue weighted by atomic mass is 16.5. The molecule has 1 aromatic carbocycles. The Morgan fingerprint density at radius 3 is 2.79 bits per heavy atom. The third-order valence-corrected chi connectivity index (χ3v) is 7.18. The van der Waals surface area contributed by atoms with Crippen molar-refractivity contribution >= 4 is 5.78 Å². The highest BCUT2D eigenvalue weighted by Crippen LogP contribution is 2.62. The minimum absolute atomic E-state index is 0.234. The van der Waals surface area contributed by atoms with Crippen molar-refractivity contribution in [2.45, 2.75) is 56.1 Å². The maximum absolute atomic E-state index is 12.8. The summed E-state index contributed by atoms with van der Waals surface area (Å²) in [5.41, 5.74) is 1.64. The summed E-state index contributed by atoms with van der Waals surface area (Å²) >= 11 is 0. The molecule has 1 heterocycles. The van der Waals surface area contributed by atoms with Crippen LogP contribution in [0.3, 0.4) is 0 Å². The lowest BCUT2D eigenvalue weighted by atomic mass is 9.49. The molecule has 1 saturated heterocycles. The molecule has 0 aromatic heterocycles. The van der Waals surface area contributed by atoms with Gasteiger partial charge in [-0.2, -0.15) is 0 Å². The van der Waals surface area contributed by atoms with Crippen molar-refractivity contribution < 1.29 is 19.0 Å². The number of likely N-dealkylation sites (tertiary alicyclic amines) is 1. The average molecular weight is 386 g/mol. The molecule has 1 aliphatic heterocycles. The lowest BCUT2D eigenvalue weighted by molar-refractivity contribution is -0.197. The molecule has 0 radical (unpaired) electrons. The van der Waals surface area contributed by atoms with Crippen molar-refractivity contribution in [1.29, 1.82) is 0 Å². The van der Waals surface area contributed by atoms with Gasteiger partial charge in [-0.3, -0.25) is 9.69 Å². The maximum Gasteiger partial charge on any atom is 0.164 e. The summed E-state index contributed by atoms with van der Waals surface area (Å²) in [6, 6.07) is 4.37. The van der Waals surface area contributed by atoms with E-state index in [1.807, 2.05) is 12.1 Å². The second kappa shape index (κ2) is 7.20. The Balaban J connectivity index is 2.00. The number of fused-ring (bicyclic) bond motifs is 1. The molecule has 3 atom stereocenters. The number of methoxy groups -OCH3 is 2. The van der Waals surface area contributed by atoms with Crippen LogP contribution in [0.5, 0.6) is 11.5 Å². The molecule has 2 aliphatic carbocycles. The van der Waals surface area contributed by atoms with Gasteiger partial charge < -0.3 is 14.2 Å². The first-order valence-corrected chi connectivity index (χ1v) is 10.3. The zero-order chi connectivity index (χ0) is 19.9. The molecule has 152 valence electrons. The van der Waals surface area contributed by atoms with E-state index in [9.17, 15) is 4.79 Å². The lowest BCUT2D eigenvalue weighted by Crippen LogP contribution is -2.74. The van der Waals surface area contributed by atoms with Crippen LogP contribution in [0.1, 0.15) is 43.7 Å². The Hall–Kier alpha value is -1.85. The zero-order valence-electron chi connectivity index (χ0n) is 17.3. The third-order valence-electron chi connectivity index (χ3n) is 7.18. The highest BCUT2D eigenvalue weighted by Gasteiger charge is 2.67. The van der Waals surface area contributed by atoms with Crippen molar-refractivity contribution in [3.63, 3.8) is 0 Å². The number of benzene rings is 1. The van der Waals surface area contributed by atoms with E-state index in [-0.39, 0.29) is 17.1 Å². The first-order valence-electron chi connectivity index (χ1n) is 10.3. The lowest BCUT2D eigenvalue weighted by Gasteiger charge is -2.65. The standard InChI is InChI=1S/C23H31NO4/c1-5-12-24-13-11-22-15-17(25)9-10-23(22,28-6-2)19(24)14-16-7-8-18(26-3)21(27-4)20(16)22/h5,7-8,19H,1,6,9-15H2,2-4H3/t19-,22-,23-/m1/s1. The Bertz CT molecular complexity index is 791. The number of Topliss-reactive ketones (excluding diaryl/α,β-unsaturated/α-hetero) is 1. The zero-order valence-corrected chi connectivity index (χ0v) is 17.3. The van der Waals surface area contributed by atoms with E-state index in [1.165, 1.54) is 5.56 Å². The number of ketones is 1. The van der Waals surface area contributed by atoms with Crippen LogP contribution in [0.15, 0.2) is 24.8 Å². The minimum atomic E-state index is -0.385. The highest BCUT2D eigenvalue weighted by molar-refractivity contribution is 5.83. The fourth-order valence-corrected chi connectivity index (χ4v) is 6.25. The molecule has 5 heteroatoms. The number of carbonyl (C=O) groups excluding carboxylic acids is 1. The first-order chi connectivity index (χ1) is 13.6. The normalized spacial score (nSPS) is 31.7. The Morgan fingerprint density at radius 2 is 2.11 bits per heavy atom. The van der Waals surface area contributed by atoms with Crippen molar-refractivity contribution in [3.05, 3.63) is 35.9 Å². The quantitative estimate of drug-likeness (QED) is 0.704. The van der Waals surface area contributed by atoms with Gasteiger partial charge in [-0.05, 0) is 44.4 Å². The van der Waals surface area contributed by atoms with Crippen molar-refractivity contribution in [3.8, 4) is 11.5 Å². The fraction of sp³-hybridized carbons (Fsp3) is 0.609. The molecule has 2 bridgehead atoms. The second-order valence-corrected chi connectivity index (χ2v) is 8.21. The smallest absolute Gasteiger partial charge is 0.164 e. The van der Waals surface area contributed by atoms with Crippen molar-refractivity contribution in [2.75, 3.05) is 33.9 Å². The molecule has 4 rings (SSSR count). The van der Waals surface area contributed by atoms with E-state index in [1.54, 1.807) is 14.2 Å². The number of hydrogen-bond donors (Lipinski definition) is 0. The van der Waals surface area contributed by atoms with Gasteiger partial charge in [0.1, 0.15) is 5.78 Å². The summed E-state index contributed by atoms with van der Waals surface area (Å²) in [7, 11) is 3.36. The molecule has 5 nitrogen and oxygen atoms in total. The van der Waals surface area contributed by atoms with Crippen molar-refractivity contribution in [2.24, 2.45) is 0 Å². The molecule has 1 saturated carbocycles. The van der Waals surface area contributed by atoms with Gasteiger partial charge in [0.05, 0.1) is 19.8 Å². The van der Waals surface area contributed by atoms with Crippen molar-refractivity contribution in [1.82, 2.24) is 4.90 Å². The number of rotatable bonds is 6. The molecular weight excluding hydrogens is 354 g/mol. The van der Waals surface area contributed by atoms with Gasteiger partial charge in [0.15, 0.2) is 11.5 Å². The predicted octanol–water partition coefficient (Wildman–Crippen LogP) is 3.29. The summed E-state index contributed by atoms with van der Waals surface area (Å²) in [6.45, 7) is 8.43. The van der Waals surface area contributed by atoms with Crippen LogP contribution in [0.25, 0.3) is 0 Å². The number of carbonyl (C=O) groups is 1. The summed E-state index contributed by atoms with van der Waals surface area (Å²) in [5, 5.41) is 0. The van der Waals surface area contributed by atoms with Crippen LogP contribution < -0.4 is 9.47 Å². The summed E-state index contributed by atoms with van der Waals surface area (Å²) in [5.74, 6) is 1.82. The van der Waals surface area contributed by atoms with Crippen LogP contribution >= 0.6 is 0 Å². The first kappa shape index (κ1) is 19.5. The topological polar surface area (TPSA) is 48.0 Å². The van der Waals surface area contributed by atoms with E-state index in [0.717, 1.165) is 49.4 Å². The maximum atomic E-state index is 12.8. The monoisotopic (exact) mass is 385 g/mol. The Labute approximate surface area is 167 Å². The van der Waals surface area contributed by atoms with Crippen LogP contribution in [0.2, 0.25) is 0 Å². The van der Waals surface area contributed by atoms with Crippen LogP contribution in [0.4, 0.5) is 0 Å². The van der Waals surface area contributed by atoms with Crippen LogP contribution in [-0.2, 0) is 21.4 Å². The van der Waals surface area contributed by atoms with E-state index < -0.39 is 0 Å². The van der Waals surface area contributed by atoms with Gasteiger partial charge in [0, 0.05) is 43.0 Å². The van der Waals surface area contributed by atoms with Gasteiger partial charge in [-0.1, -0.05) is 12.1 Å². The summed E-state index contributed by atoms with van der Waals surface area (Å²) in [6.07, 6.45) is 5.60. The number of piperidine rings is 1. The molecule has 28 heavy (non-hydrogen) atoms. The summed E-state index contributed by atoms with van der Waals surface area (Å²) < 4.78 is 18.2. The molecule has 0 N–H and O–H groups in total.